The van der Waals surface area contributed by atoms with Gasteiger partial charge in [0.05, 0.1) is 5.02 Å². The molecule has 0 unspecified atom stereocenters. The van der Waals surface area contributed by atoms with Gasteiger partial charge in [0.1, 0.15) is 18.2 Å². The topological polar surface area (TPSA) is 38.3 Å². The Hall–Kier alpha value is -2.82. The van der Waals surface area contributed by atoms with Crippen LogP contribution in [-0.4, -0.2) is 5.78 Å². The summed E-state index contributed by atoms with van der Waals surface area (Å²) < 4.78 is 19.4. The van der Waals surface area contributed by atoms with Gasteiger partial charge in [0.15, 0.2) is 5.78 Å². The van der Waals surface area contributed by atoms with Crippen molar-refractivity contribution in [3.8, 4) is 5.75 Å². The summed E-state index contributed by atoms with van der Waals surface area (Å²) in [5.41, 5.74) is 1.53. The van der Waals surface area contributed by atoms with E-state index in [0.29, 0.717) is 21.4 Å². The van der Waals surface area contributed by atoms with Gasteiger partial charge < -0.3 is 10.1 Å². The van der Waals surface area contributed by atoms with E-state index in [1.807, 2.05) is 0 Å². The van der Waals surface area contributed by atoms with Crippen LogP contribution in [0.25, 0.3) is 0 Å². The number of ether oxygens (including phenoxy) is 1. The highest BCUT2D eigenvalue weighted by atomic mass is 35.5. The van der Waals surface area contributed by atoms with Crippen molar-refractivity contribution in [3.05, 3.63) is 106 Å². The fourth-order valence-corrected chi connectivity index (χ4v) is 2.76. The Labute approximate surface area is 172 Å². The zero-order valence-corrected chi connectivity index (χ0v) is 16.2. The average molecular weight is 416 g/mol. The predicted octanol–water partition coefficient (Wildman–Crippen LogP) is 6.52. The maximum Gasteiger partial charge on any atom is 0.187 e. The minimum absolute atomic E-state index is 0.0306. The van der Waals surface area contributed by atoms with Crippen LogP contribution in [0.2, 0.25) is 10.0 Å². The molecular formula is C22H16Cl2FNO2. The molecule has 0 bridgehead atoms. The van der Waals surface area contributed by atoms with Crippen molar-refractivity contribution in [1.29, 1.82) is 0 Å². The van der Waals surface area contributed by atoms with Crippen LogP contribution in [0.15, 0.2) is 79.0 Å². The van der Waals surface area contributed by atoms with Crippen molar-refractivity contribution in [2.24, 2.45) is 0 Å². The first-order chi connectivity index (χ1) is 13.5. The van der Waals surface area contributed by atoms with Crippen molar-refractivity contribution >= 4 is 34.7 Å². The molecular weight excluding hydrogens is 400 g/mol. The van der Waals surface area contributed by atoms with Crippen LogP contribution in [0.4, 0.5) is 10.1 Å². The Morgan fingerprint density at radius 1 is 1.04 bits per heavy atom. The van der Waals surface area contributed by atoms with E-state index >= 15 is 0 Å². The van der Waals surface area contributed by atoms with Crippen LogP contribution in [0, 0.1) is 5.82 Å². The number of carbonyl (C=O) groups is 1. The normalized spacial score (nSPS) is 10.8. The van der Waals surface area contributed by atoms with E-state index in [-0.39, 0.29) is 18.0 Å². The highest BCUT2D eigenvalue weighted by Crippen LogP contribution is 2.22. The highest BCUT2D eigenvalue weighted by Gasteiger charge is 2.09. The van der Waals surface area contributed by atoms with Gasteiger partial charge in [0, 0.05) is 34.1 Å². The van der Waals surface area contributed by atoms with Gasteiger partial charge in [-0.05, 0) is 48.5 Å². The van der Waals surface area contributed by atoms with Crippen LogP contribution < -0.4 is 10.1 Å². The second kappa shape index (κ2) is 9.40. The lowest BCUT2D eigenvalue weighted by atomic mass is 10.1. The minimum Gasteiger partial charge on any atom is -0.489 e. The van der Waals surface area contributed by atoms with Crippen molar-refractivity contribution in [2.75, 3.05) is 5.32 Å². The van der Waals surface area contributed by atoms with Gasteiger partial charge in [0.25, 0.3) is 0 Å². The summed E-state index contributed by atoms with van der Waals surface area (Å²) in [4.78, 5) is 12.3. The molecule has 0 saturated carbocycles. The fraction of sp³-hybridized carbons (Fsp3) is 0.0455. The fourth-order valence-electron chi connectivity index (χ4n) is 2.42. The highest BCUT2D eigenvalue weighted by molar-refractivity contribution is 6.31. The van der Waals surface area contributed by atoms with Crippen molar-refractivity contribution < 1.29 is 13.9 Å². The SMILES string of the molecule is O=C(C=CNc1ccc(Cl)cc1)c1cccc(OCc2c(F)cccc2Cl)c1. The average Bonchev–Trinajstić information content (AvgIpc) is 2.69. The lowest BCUT2D eigenvalue weighted by Crippen LogP contribution is -2.01. The number of hydrogen-bond acceptors (Lipinski definition) is 3. The van der Waals surface area contributed by atoms with Crippen LogP contribution in [0.1, 0.15) is 15.9 Å². The van der Waals surface area contributed by atoms with Crippen LogP contribution in [-0.2, 0) is 6.61 Å². The first-order valence-corrected chi connectivity index (χ1v) is 9.17. The summed E-state index contributed by atoms with van der Waals surface area (Å²) in [5.74, 6) is -0.184. The number of carbonyl (C=O) groups excluding carboxylic acids is 1. The largest absolute Gasteiger partial charge is 0.489 e. The second-order valence-electron chi connectivity index (χ2n) is 5.87. The number of rotatable bonds is 7. The second-order valence-corrected chi connectivity index (χ2v) is 6.71. The zero-order valence-electron chi connectivity index (χ0n) is 14.7. The molecule has 3 aromatic rings. The Balaban J connectivity index is 1.62. The summed E-state index contributed by atoms with van der Waals surface area (Å²) in [6.07, 6.45) is 2.97. The molecule has 0 aliphatic carbocycles. The molecule has 3 aromatic carbocycles. The van der Waals surface area contributed by atoms with Crippen molar-refractivity contribution in [2.45, 2.75) is 6.61 Å². The smallest absolute Gasteiger partial charge is 0.187 e. The number of anilines is 1. The number of benzene rings is 3. The van der Waals surface area contributed by atoms with Gasteiger partial charge >= 0.3 is 0 Å². The summed E-state index contributed by atoms with van der Waals surface area (Å²) in [6.45, 7) is -0.0306. The number of halogens is 3. The third-order valence-corrected chi connectivity index (χ3v) is 4.50. The molecule has 0 aromatic heterocycles. The standard InChI is InChI=1S/C22H16Cl2FNO2/c23-16-7-9-17(10-8-16)26-12-11-22(27)15-3-1-4-18(13-15)28-14-19-20(24)5-2-6-21(19)25/h1-13,26H,14H2. The van der Waals surface area contributed by atoms with Gasteiger partial charge in [-0.1, -0.05) is 41.4 Å². The molecule has 0 radical (unpaired) electrons. The van der Waals surface area contributed by atoms with Crippen LogP contribution in [0.3, 0.4) is 0 Å². The van der Waals surface area contributed by atoms with Crippen molar-refractivity contribution in [1.82, 2.24) is 0 Å². The van der Waals surface area contributed by atoms with E-state index in [9.17, 15) is 9.18 Å². The third kappa shape index (κ3) is 5.35. The maximum atomic E-state index is 13.8. The Morgan fingerprint density at radius 3 is 2.54 bits per heavy atom. The van der Waals surface area contributed by atoms with E-state index < -0.39 is 5.82 Å². The Kier molecular flexibility index (Phi) is 6.69. The first kappa shape index (κ1) is 19.9. The number of nitrogens with one attached hydrogen (secondary N) is 1. The molecule has 0 amide bonds. The maximum absolute atomic E-state index is 13.8. The molecule has 1 N–H and O–H groups in total. The Bertz CT molecular complexity index is 983. The third-order valence-electron chi connectivity index (χ3n) is 3.89. The quantitative estimate of drug-likeness (QED) is 0.352. The summed E-state index contributed by atoms with van der Waals surface area (Å²) in [6, 6.07) is 18.2. The van der Waals surface area contributed by atoms with Crippen molar-refractivity contribution in [3.63, 3.8) is 0 Å². The molecule has 142 valence electrons. The van der Waals surface area contributed by atoms with Gasteiger partial charge in [-0.3, -0.25) is 4.79 Å². The molecule has 28 heavy (non-hydrogen) atoms. The lowest BCUT2D eigenvalue weighted by Gasteiger charge is -2.09. The molecule has 0 spiro atoms. The number of allylic oxidation sites excluding steroid dienone is 1. The van der Waals surface area contributed by atoms with Gasteiger partial charge in [-0.2, -0.15) is 0 Å². The molecule has 0 aliphatic heterocycles. The summed E-state index contributed by atoms with van der Waals surface area (Å²) in [7, 11) is 0. The van der Waals surface area contributed by atoms with E-state index in [1.54, 1.807) is 60.8 Å². The molecule has 6 heteroatoms. The molecule has 0 heterocycles. The molecule has 3 rings (SSSR count). The molecule has 0 saturated heterocycles. The molecule has 0 atom stereocenters. The lowest BCUT2D eigenvalue weighted by molar-refractivity contribution is 0.104. The predicted molar refractivity (Wildman–Crippen MR) is 111 cm³/mol. The van der Waals surface area contributed by atoms with Gasteiger partial charge in [0.2, 0.25) is 0 Å². The summed E-state index contributed by atoms with van der Waals surface area (Å²) in [5, 5.41) is 3.93. The van der Waals surface area contributed by atoms with Crippen LogP contribution in [0.5, 0.6) is 5.75 Å². The molecule has 0 fully saturated rings. The van der Waals surface area contributed by atoms with Crippen LogP contribution >= 0.6 is 23.2 Å². The summed E-state index contributed by atoms with van der Waals surface area (Å²) >= 11 is 11.8. The molecule has 0 aliphatic rings. The first-order valence-electron chi connectivity index (χ1n) is 8.41. The number of ketones is 1. The van der Waals surface area contributed by atoms with E-state index in [2.05, 4.69) is 5.32 Å². The van der Waals surface area contributed by atoms with Gasteiger partial charge in [-0.15, -0.1) is 0 Å². The Morgan fingerprint density at radius 2 is 1.79 bits per heavy atom. The van der Waals surface area contributed by atoms with E-state index in [4.69, 9.17) is 27.9 Å². The monoisotopic (exact) mass is 415 g/mol. The minimum atomic E-state index is -0.434. The van der Waals surface area contributed by atoms with E-state index in [1.165, 1.54) is 18.2 Å². The number of hydrogen-bond donors (Lipinski definition) is 1. The zero-order chi connectivity index (χ0) is 19.9. The van der Waals surface area contributed by atoms with E-state index in [0.717, 1.165) is 5.69 Å². The van der Waals surface area contributed by atoms with Gasteiger partial charge in [-0.25, -0.2) is 4.39 Å². The molecule has 3 nitrogen and oxygen atoms in total.